The van der Waals surface area contributed by atoms with Crippen molar-refractivity contribution in [1.29, 1.82) is 0 Å². The molecule has 6 heteroatoms. The smallest absolute Gasteiger partial charge is 0.212 e. The van der Waals surface area contributed by atoms with Crippen LogP contribution in [0.1, 0.15) is 31.3 Å². The molecule has 0 aromatic carbocycles. The number of rotatable bonds is 1. The van der Waals surface area contributed by atoms with Gasteiger partial charge in [0, 0.05) is 5.92 Å². The highest BCUT2D eigenvalue weighted by atomic mass is 19.4. The largest absolute Gasteiger partial charge is 0.433 e. The molecule has 0 saturated heterocycles. The van der Waals surface area contributed by atoms with Crippen LogP contribution in [-0.4, -0.2) is 14.6 Å². The van der Waals surface area contributed by atoms with Crippen LogP contribution in [0.4, 0.5) is 13.2 Å². The first-order valence-electron chi connectivity index (χ1n) is 4.82. The summed E-state index contributed by atoms with van der Waals surface area (Å²) in [7, 11) is 0. The number of hydrogen-bond donors (Lipinski definition) is 0. The van der Waals surface area contributed by atoms with E-state index >= 15 is 0 Å². The highest BCUT2D eigenvalue weighted by molar-refractivity contribution is 5.39. The van der Waals surface area contributed by atoms with E-state index in [9.17, 15) is 13.2 Å². The monoisotopic (exact) mass is 229 g/mol. The number of pyridine rings is 1. The molecule has 0 bridgehead atoms. The predicted octanol–water partition coefficient (Wildman–Crippen LogP) is 2.87. The Bertz CT molecular complexity index is 513. The van der Waals surface area contributed by atoms with Crippen molar-refractivity contribution >= 4 is 5.65 Å². The lowest BCUT2D eigenvalue weighted by molar-refractivity contribution is -0.142. The quantitative estimate of drug-likeness (QED) is 0.752. The summed E-state index contributed by atoms with van der Waals surface area (Å²) in [5, 5.41) is 3.86. The number of alkyl halides is 3. The van der Waals surface area contributed by atoms with E-state index in [4.69, 9.17) is 0 Å². The highest BCUT2D eigenvalue weighted by Gasteiger charge is 2.34. The Morgan fingerprint density at radius 3 is 2.50 bits per heavy atom. The summed E-state index contributed by atoms with van der Waals surface area (Å²) in [4.78, 5) is 4.04. The van der Waals surface area contributed by atoms with E-state index in [1.165, 1.54) is 12.1 Å². The van der Waals surface area contributed by atoms with Gasteiger partial charge in [-0.2, -0.15) is 18.3 Å². The van der Waals surface area contributed by atoms with E-state index < -0.39 is 11.9 Å². The molecule has 3 nitrogen and oxygen atoms in total. The van der Waals surface area contributed by atoms with Crippen LogP contribution in [-0.2, 0) is 6.18 Å². The van der Waals surface area contributed by atoms with Gasteiger partial charge < -0.3 is 0 Å². The Hall–Kier alpha value is -1.59. The van der Waals surface area contributed by atoms with Crippen molar-refractivity contribution in [3.05, 3.63) is 29.7 Å². The van der Waals surface area contributed by atoms with Crippen LogP contribution in [0.15, 0.2) is 18.2 Å². The lowest BCUT2D eigenvalue weighted by atomic mass is 10.2. The maximum absolute atomic E-state index is 12.6. The SMILES string of the molecule is CC(C)c1nc2cccc(C(F)(F)F)n2n1. The van der Waals surface area contributed by atoms with Gasteiger partial charge in [0.15, 0.2) is 11.5 Å². The lowest BCUT2D eigenvalue weighted by Crippen LogP contribution is -2.12. The van der Waals surface area contributed by atoms with Crippen LogP contribution < -0.4 is 0 Å². The van der Waals surface area contributed by atoms with Gasteiger partial charge in [-0.1, -0.05) is 19.9 Å². The van der Waals surface area contributed by atoms with Gasteiger partial charge in [-0.05, 0) is 12.1 Å². The van der Waals surface area contributed by atoms with Gasteiger partial charge in [0.1, 0.15) is 5.69 Å². The molecule has 0 saturated carbocycles. The first kappa shape index (κ1) is 10.9. The van der Waals surface area contributed by atoms with Crippen LogP contribution in [0, 0.1) is 0 Å². The molecule has 2 aromatic rings. The van der Waals surface area contributed by atoms with Crippen LogP contribution >= 0.6 is 0 Å². The van der Waals surface area contributed by atoms with Crippen molar-refractivity contribution in [2.24, 2.45) is 0 Å². The zero-order valence-corrected chi connectivity index (χ0v) is 8.78. The summed E-state index contributed by atoms with van der Waals surface area (Å²) in [6.45, 7) is 3.67. The third-order valence-electron chi connectivity index (χ3n) is 2.18. The lowest BCUT2D eigenvalue weighted by Gasteiger charge is -2.07. The predicted molar refractivity (Wildman–Crippen MR) is 52.1 cm³/mol. The molecule has 0 spiro atoms. The fourth-order valence-corrected chi connectivity index (χ4v) is 1.38. The first-order valence-corrected chi connectivity index (χ1v) is 4.82. The van der Waals surface area contributed by atoms with E-state index in [1.807, 2.05) is 13.8 Å². The normalized spacial score (nSPS) is 12.6. The van der Waals surface area contributed by atoms with Gasteiger partial charge in [0.2, 0.25) is 0 Å². The van der Waals surface area contributed by atoms with Crippen molar-refractivity contribution in [2.45, 2.75) is 25.9 Å². The highest BCUT2D eigenvalue weighted by Crippen LogP contribution is 2.29. The Morgan fingerprint density at radius 1 is 1.25 bits per heavy atom. The second-order valence-corrected chi connectivity index (χ2v) is 3.80. The molecule has 16 heavy (non-hydrogen) atoms. The second-order valence-electron chi connectivity index (χ2n) is 3.80. The molecule has 0 aliphatic carbocycles. The zero-order valence-electron chi connectivity index (χ0n) is 8.78. The van der Waals surface area contributed by atoms with E-state index in [0.29, 0.717) is 5.82 Å². The molecule has 2 heterocycles. The number of halogens is 3. The molecule has 0 atom stereocenters. The van der Waals surface area contributed by atoms with E-state index in [0.717, 1.165) is 10.6 Å². The number of hydrogen-bond acceptors (Lipinski definition) is 2. The molecule has 2 rings (SSSR count). The molecule has 86 valence electrons. The minimum absolute atomic E-state index is 0.000911. The Morgan fingerprint density at radius 2 is 1.94 bits per heavy atom. The number of nitrogens with zero attached hydrogens (tertiary/aromatic N) is 3. The maximum Gasteiger partial charge on any atom is 0.433 e. The van der Waals surface area contributed by atoms with Gasteiger partial charge >= 0.3 is 6.18 Å². The standard InChI is InChI=1S/C10H10F3N3/c1-6(2)9-14-8-5-3-4-7(10(11,12)13)16(8)15-9/h3-6H,1-2H3. The molecule has 0 aliphatic heterocycles. The molecule has 0 fully saturated rings. The maximum atomic E-state index is 12.6. The van der Waals surface area contributed by atoms with Gasteiger partial charge in [-0.3, -0.25) is 0 Å². The van der Waals surface area contributed by atoms with Gasteiger partial charge in [-0.15, -0.1) is 0 Å². The van der Waals surface area contributed by atoms with Gasteiger partial charge in [0.05, 0.1) is 0 Å². The van der Waals surface area contributed by atoms with Crippen molar-refractivity contribution in [1.82, 2.24) is 14.6 Å². The van der Waals surface area contributed by atoms with Crippen molar-refractivity contribution in [2.75, 3.05) is 0 Å². The Labute approximate surface area is 89.9 Å². The minimum Gasteiger partial charge on any atom is -0.212 e. The summed E-state index contributed by atoms with van der Waals surface area (Å²) < 4.78 is 38.8. The summed E-state index contributed by atoms with van der Waals surface area (Å²) in [6, 6.07) is 3.83. The fraction of sp³-hybridized carbons (Fsp3) is 0.400. The first-order chi connectivity index (χ1) is 7.39. The third kappa shape index (κ3) is 1.75. The van der Waals surface area contributed by atoms with Crippen molar-refractivity contribution in [3.63, 3.8) is 0 Å². The van der Waals surface area contributed by atoms with Gasteiger partial charge in [0.25, 0.3) is 0 Å². The van der Waals surface area contributed by atoms with Gasteiger partial charge in [-0.25, -0.2) is 9.50 Å². The van der Waals surface area contributed by atoms with Crippen molar-refractivity contribution in [3.8, 4) is 0 Å². The Balaban J connectivity index is 2.68. The molecule has 0 amide bonds. The number of fused-ring (bicyclic) bond motifs is 1. The molecule has 0 radical (unpaired) electrons. The molecule has 0 unspecified atom stereocenters. The van der Waals surface area contributed by atoms with Crippen LogP contribution in [0.25, 0.3) is 5.65 Å². The van der Waals surface area contributed by atoms with Crippen molar-refractivity contribution < 1.29 is 13.2 Å². The van der Waals surface area contributed by atoms with Crippen LogP contribution in [0.2, 0.25) is 0 Å². The molecule has 0 aliphatic rings. The zero-order chi connectivity index (χ0) is 11.9. The second kappa shape index (κ2) is 3.47. The van der Waals surface area contributed by atoms with Crippen LogP contribution in [0.3, 0.4) is 0 Å². The summed E-state index contributed by atoms with van der Waals surface area (Å²) in [5.41, 5.74) is -0.581. The van der Waals surface area contributed by atoms with E-state index in [1.54, 1.807) is 0 Å². The van der Waals surface area contributed by atoms with E-state index in [2.05, 4.69) is 10.1 Å². The van der Waals surface area contributed by atoms with E-state index in [-0.39, 0.29) is 11.6 Å². The topological polar surface area (TPSA) is 30.2 Å². The number of aromatic nitrogens is 3. The molecular weight excluding hydrogens is 219 g/mol. The average molecular weight is 229 g/mol. The minimum atomic E-state index is -4.42. The third-order valence-corrected chi connectivity index (χ3v) is 2.18. The fourth-order valence-electron chi connectivity index (χ4n) is 1.38. The molecule has 2 aromatic heterocycles. The summed E-state index contributed by atoms with van der Waals surface area (Å²) >= 11 is 0. The summed E-state index contributed by atoms with van der Waals surface area (Å²) in [6.07, 6.45) is -4.42. The molecule has 0 N–H and O–H groups in total. The average Bonchev–Trinajstić information content (AvgIpc) is 2.58. The summed E-state index contributed by atoms with van der Waals surface area (Å²) in [5.74, 6) is 0.415. The Kier molecular flexibility index (Phi) is 2.36. The molecular formula is C10H10F3N3. The van der Waals surface area contributed by atoms with Crippen LogP contribution in [0.5, 0.6) is 0 Å².